The summed E-state index contributed by atoms with van der Waals surface area (Å²) in [6.07, 6.45) is 0. The Bertz CT molecular complexity index is 275. The van der Waals surface area contributed by atoms with Gasteiger partial charge in [-0.2, -0.15) is 0 Å². The highest BCUT2D eigenvalue weighted by Gasteiger charge is 2.24. The Kier molecular flexibility index (Phi) is 5.37. The Hall–Kier alpha value is -1.14. The van der Waals surface area contributed by atoms with E-state index in [0.717, 1.165) is 13.1 Å². The van der Waals surface area contributed by atoms with Gasteiger partial charge in [-0.15, -0.1) is 0 Å². The van der Waals surface area contributed by atoms with Crippen LogP contribution in [0.2, 0.25) is 0 Å². The normalized spacial score (nSPS) is 18.8. The van der Waals surface area contributed by atoms with Crippen molar-refractivity contribution in [3.8, 4) is 0 Å². The van der Waals surface area contributed by atoms with Crippen molar-refractivity contribution in [2.24, 2.45) is 0 Å². The van der Waals surface area contributed by atoms with E-state index in [9.17, 15) is 9.59 Å². The monoisotopic (exact) mass is 243 g/mol. The lowest BCUT2D eigenvalue weighted by Crippen LogP contribution is -2.53. The summed E-state index contributed by atoms with van der Waals surface area (Å²) in [5.41, 5.74) is 0. The lowest BCUT2D eigenvalue weighted by Gasteiger charge is -2.31. The highest BCUT2D eigenvalue weighted by Crippen LogP contribution is 2.03. The van der Waals surface area contributed by atoms with Gasteiger partial charge in [0, 0.05) is 19.1 Å². The van der Waals surface area contributed by atoms with E-state index in [4.69, 9.17) is 4.74 Å². The van der Waals surface area contributed by atoms with E-state index in [2.05, 4.69) is 10.6 Å². The first-order valence-electron chi connectivity index (χ1n) is 5.94. The van der Waals surface area contributed by atoms with Crippen LogP contribution in [0.5, 0.6) is 0 Å². The number of carbonyl (C=O) groups is 2. The number of carbonyl (C=O) groups excluding carboxylic acids is 2. The van der Waals surface area contributed by atoms with E-state index in [1.807, 2.05) is 18.7 Å². The van der Waals surface area contributed by atoms with Crippen LogP contribution in [0.4, 0.5) is 4.79 Å². The molecule has 0 aromatic carbocycles. The summed E-state index contributed by atoms with van der Waals surface area (Å²) in [7, 11) is 0. The highest BCUT2D eigenvalue weighted by molar-refractivity contribution is 5.96. The maximum Gasteiger partial charge on any atom is 0.321 e. The molecule has 1 saturated heterocycles. The van der Waals surface area contributed by atoms with Crippen molar-refractivity contribution >= 4 is 11.9 Å². The first kappa shape index (κ1) is 13.9. The standard InChI is InChI=1S/C11H21N3O3/c1-8(2)12-11(16)13-10(15)9(3)14-4-6-17-7-5-14/h8-9H,4-7H2,1-3H3,(H2,12,13,15,16)/t9-/m0/s1. The zero-order chi connectivity index (χ0) is 12.8. The first-order valence-corrected chi connectivity index (χ1v) is 5.94. The predicted octanol–water partition coefficient (Wildman–Crippen LogP) is -0.0587. The number of imide groups is 1. The minimum atomic E-state index is -0.440. The molecule has 0 spiro atoms. The summed E-state index contributed by atoms with van der Waals surface area (Å²) < 4.78 is 5.21. The van der Waals surface area contributed by atoms with Gasteiger partial charge in [-0.3, -0.25) is 15.0 Å². The molecule has 6 nitrogen and oxygen atoms in total. The van der Waals surface area contributed by atoms with Crippen molar-refractivity contribution in [3.63, 3.8) is 0 Å². The fourth-order valence-corrected chi connectivity index (χ4v) is 1.65. The Morgan fingerprint density at radius 2 is 1.76 bits per heavy atom. The number of nitrogens with one attached hydrogen (secondary N) is 2. The SMILES string of the molecule is CC(C)NC(=O)NC(=O)[C@H](C)N1CCOCC1. The van der Waals surface area contributed by atoms with Crippen LogP contribution in [0.1, 0.15) is 20.8 Å². The van der Waals surface area contributed by atoms with Gasteiger partial charge in [-0.1, -0.05) is 0 Å². The molecule has 0 radical (unpaired) electrons. The Morgan fingerprint density at radius 3 is 2.29 bits per heavy atom. The van der Waals surface area contributed by atoms with Gasteiger partial charge in [0.25, 0.3) is 0 Å². The quantitative estimate of drug-likeness (QED) is 0.728. The van der Waals surface area contributed by atoms with Crippen molar-refractivity contribution in [1.29, 1.82) is 0 Å². The van der Waals surface area contributed by atoms with Crippen molar-refractivity contribution in [3.05, 3.63) is 0 Å². The topological polar surface area (TPSA) is 70.7 Å². The molecule has 0 unspecified atom stereocenters. The van der Waals surface area contributed by atoms with Gasteiger partial charge in [0.05, 0.1) is 19.3 Å². The Morgan fingerprint density at radius 1 is 1.18 bits per heavy atom. The van der Waals surface area contributed by atoms with E-state index in [-0.39, 0.29) is 18.0 Å². The average Bonchev–Trinajstić information content (AvgIpc) is 2.28. The molecule has 6 heteroatoms. The molecule has 1 fully saturated rings. The number of urea groups is 1. The molecule has 0 bridgehead atoms. The van der Waals surface area contributed by atoms with Gasteiger partial charge in [-0.25, -0.2) is 4.79 Å². The second-order valence-electron chi connectivity index (χ2n) is 4.44. The molecule has 0 saturated carbocycles. The fraction of sp³-hybridized carbons (Fsp3) is 0.818. The van der Waals surface area contributed by atoms with Crippen LogP contribution in [0.3, 0.4) is 0 Å². The summed E-state index contributed by atoms with van der Waals surface area (Å²) in [5, 5.41) is 4.95. The van der Waals surface area contributed by atoms with Gasteiger partial charge >= 0.3 is 6.03 Å². The second kappa shape index (κ2) is 6.56. The summed E-state index contributed by atoms with van der Waals surface area (Å²) in [4.78, 5) is 25.1. The number of ether oxygens (including phenoxy) is 1. The third-order valence-electron chi connectivity index (χ3n) is 2.63. The lowest BCUT2D eigenvalue weighted by atomic mass is 10.2. The molecule has 1 atom stereocenters. The summed E-state index contributed by atoms with van der Waals surface area (Å²) in [6, 6.07) is -0.733. The molecular weight excluding hydrogens is 222 g/mol. The lowest BCUT2D eigenvalue weighted by molar-refractivity contribution is -0.126. The number of rotatable bonds is 3. The second-order valence-corrected chi connectivity index (χ2v) is 4.44. The summed E-state index contributed by atoms with van der Waals surface area (Å²) >= 11 is 0. The molecule has 1 aliphatic rings. The molecule has 17 heavy (non-hydrogen) atoms. The number of nitrogens with zero attached hydrogens (tertiary/aromatic N) is 1. The molecule has 2 N–H and O–H groups in total. The van der Waals surface area contributed by atoms with Crippen LogP contribution in [0, 0.1) is 0 Å². The molecule has 0 aliphatic carbocycles. The van der Waals surface area contributed by atoms with Crippen molar-refractivity contribution in [1.82, 2.24) is 15.5 Å². The molecule has 98 valence electrons. The minimum Gasteiger partial charge on any atom is -0.379 e. The van der Waals surface area contributed by atoms with Crippen molar-refractivity contribution < 1.29 is 14.3 Å². The van der Waals surface area contributed by atoms with Gasteiger partial charge in [0.1, 0.15) is 0 Å². The minimum absolute atomic E-state index is 0.0153. The van der Waals surface area contributed by atoms with Gasteiger partial charge < -0.3 is 10.1 Å². The van der Waals surface area contributed by atoms with Gasteiger partial charge in [0.15, 0.2) is 0 Å². The van der Waals surface area contributed by atoms with Crippen LogP contribution >= 0.6 is 0 Å². The van der Waals surface area contributed by atoms with E-state index < -0.39 is 6.03 Å². The number of hydrogen-bond acceptors (Lipinski definition) is 4. The average molecular weight is 243 g/mol. The van der Waals surface area contributed by atoms with E-state index in [0.29, 0.717) is 13.2 Å². The number of amides is 3. The van der Waals surface area contributed by atoms with E-state index >= 15 is 0 Å². The molecule has 0 aromatic rings. The Balaban J connectivity index is 2.37. The molecule has 1 aliphatic heterocycles. The smallest absolute Gasteiger partial charge is 0.321 e. The van der Waals surface area contributed by atoms with Crippen molar-refractivity contribution in [2.45, 2.75) is 32.9 Å². The van der Waals surface area contributed by atoms with E-state index in [1.165, 1.54) is 0 Å². The van der Waals surface area contributed by atoms with Crippen LogP contribution in [-0.2, 0) is 9.53 Å². The number of morpholine rings is 1. The zero-order valence-electron chi connectivity index (χ0n) is 10.7. The third kappa shape index (κ3) is 4.70. The van der Waals surface area contributed by atoms with Crippen LogP contribution in [0.25, 0.3) is 0 Å². The summed E-state index contributed by atoms with van der Waals surface area (Å²) in [6.45, 7) is 8.20. The first-order chi connectivity index (χ1) is 8.00. The largest absolute Gasteiger partial charge is 0.379 e. The van der Waals surface area contributed by atoms with E-state index in [1.54, 1.807) is 6.92 Å². The van der Waals surface area contributed by atoms with Gasteiger partial charge in [-0.05, 0) is 20.8 Å². The molecular formula is C11H21N3O3. The number of hydrogen-bond donors (Lipinski definition) is 2. The molecule has 3 amide bonds. The van der Waals surface area contributed by atoms with Gasteiger partial charge in [0.2, 0.25) is 5.91 Å². The third-order valence-corrected chi connectivity index (χ3v) is 2.63. The maximum absolute atomic E-state index is 11.8. The summed E-state index contributed by atoms with van der Waals surface area (Å²) in [5.74, 6) is -0.273. The highest BCUT2D eigenvalue weighted by atomic mass is 16.5. The molecule has 1 rings (SSSR count). The fourth-order valence-electron chi connectivity index (χ4n) is 1.65. The maximum atomic E-state index is 11.8. The zero-order valence-corrected chi connectivity index (χ0v) is 10.7. The van der Waals surface area contributed by atoms with Crippen LogP contribution < -0.4 is 10.6 Å². The molecule has 0 aromatic heterocycles. The van der Waals surface area contributed by atoms with Crippen LogP contribution in [0.15, 0.2) is 0 Å². The predicted molar refractivity (Wildman–Crippen MR) is 63.7 cm³/mol. The van der Waals surface area contributed by atoms with Crippen molar-refractivity contribution in [2.75, 3.05) is 26.3 Å². The molecule has 1 heterocycles. The van der Waals surface area contributed by atoms with Crippen LogP contribution in [-0.4, -0.2) is 55.2 Å². The Labute approximate surface area is 102 Å².